The highest BCUT2D eigenvalue weighted by Gasteiger charge is 2.31. The lowest BCUT2D eigenvalue weighted by atomic mass is 9.95. The van der Waals surface area contributed by atoms with Crippen molar-refractivity contribution in [1.82, 2.24) is 15.3 Å². The predicted molar refractivity (Wildman–Crippen MR) is 129 cm³/mol. The Morgan fingerprint density at radius 3 is 2.58 bits per heavy atom. The number of carbonyl (C=O) groups is 1. The van der Waals surface area contributed by atoms with Crippen molar-refractivity contribution in [2.75, 3.05) is 11.4 Å². The van der Waals surface area contributed by atoms with Gasteiger partial charge in [-0.2, -0.15) is 0 Å². The first-order valence-corrected chi connectivity index (χ1v) is 12.2. The quantitative estimate of drug-likeness (QED) is 0.527. The molecule has 3 aromatic rings. The van der Waals surface area contributed by atoms with E-state index in [1.807, 2.05) is 13.0 Å². The van der Waals surface area contributed by atoms with Gasteiger partial charge in [-0.3, -0.25) is 14.7 Å². The van der Waals surface area contributed by atoms with Crippen LogP contribution in [0.4, 0.5) is 11.5 Å². The van der Waals surface area contributed by atoms with E-state index >= 15 is 0 Å². The predicted octanol–water partition coefficient (Wildman–Crippen LogP) is 5.05. The van der Waals surface area contributed by atoms with Gasteiger partial charge in [0.05, 0.1) is 29.5 Å². The van der Waals surface area contributed by atoms with Gasteiger partial charge >= 0.3 is 5.28 Å². The summed E-state index contributed by atoms with van der Waals surface area (Å²) in [5.74, 6) is 0.900. The second-order valence-electron chi connectivity index (χ2n) is 8.67. The fourth-order valence-corrected chi connectivity index (χ4v) is 5.03. The van der Waals surface area contributed by atoms with E-state index in [2.05, 4.69) is 26.3 Å². The van der Waals surface area contributed by atoms with E-state index < -0.39 is 0 Å². The summed E-state index contributed by atoms with van der Waals surface area (Å²) < 4.78 is 0. The van der Waals surface area contributed by atoms with Crippen LogP contribution in [0.25, 0.3) is 0 Å². The Kier molecular flexibility index (Phi) is 6.21. The van der Waals surface area contributed by atoms with Gasteiger partial charge < -0.3 is 5.32 Å². The number of hydrogen-bond donors (Lipinski definition) is 1. The fraction of sp³-hybridized carbons (Fsp3) is 0.360. The monoisotopic (exact) mass is 482 g/mol. The lowest BCUT2D eigenvalue weighted by Crippen LogP contribution is -2.34. The van der Waals surface area contributed by atoms with Gasteiger partial charge in [0, 0.05) is 17.0 Å². The van der Waals surface area contributed by atoms with Crippen LogP contribution in [-0.2, 0) is 19.3 Å². The van der Waals surface area contributed by atoms with Gasteiger partial charge in [-0.25, -0.2) is 4.98 Å². The Morgan fingerprint density at radius 1 is 1.00 bits per heavy atom. The summed E-state index contributed by atoms with van der Waals surface area (Å²) in [7, 11) is 0. The molecule has 5 rings (SSSR count). The molecule has 3 heterocycles. The Morgan fingerprint density at radius 2 is 1.76 bits per heavy atom. The molecule has 1 aromatic carbocycles. The zero-order chi connectivity index (χ0) is 22.9. The van der Waals surface area contributed by atoms with Gasteiger partial charge in [-0.1, -0.05) is 16.6 Å². The molecule has 2 aliphatic rings. The summed E-state index contributed by atoms with van der Waals surface area (Å²) in [6.07, 6.45) is 6.20. The molecule has 2 aromatic heterocycles. The minimum atomic E-state index is -0.219. The maximum absolute atomic E-state index is 12.6. The second kappa shape index (κ2) is 9.27. The molecule has 6 nitrogen and oxygen atoms in total. The van der Waals surface area contributed by atoms with E-state index in [0.29, 0.717) is 15.9 Å². The molecule has 0 saturated carbocycles. The molecule has 0 fully saturated rings. The van der Waals surface area contributed by atoms with Crippen molar-refractivity contribution in [3.63, 3.8) is 0 Å². The van der Waals surface area contributed by atoms with Crippen molar-refractivity contribution in [1.29, 1.82) is 0 Å². The van der Waals surface area contributed by atoms with Gasteiger partial charge in [-0.05, 0) is 87.0 Å². The highest BCUT2D eigenvalue weighted by molar-refractivity contribution is 6.30. The average molecular weight is 483 g/mol. The SMILES string of the molecule is CC(NC(=O)c1ccc(Cl)cc1)c1ccc2c(n1)CCCN2c1[nH+]c(Cl)nc2c1CCCC2. The number of aromatic amines is 1. The van der Waals surface area contributed by atoms with Gasteiger partial charge in [0.15, 0.2) is 0 Å². The number of benzene rings is 1. The molecule has 0 bridgehead atoms. The number of aromatic nitrogens is 3. The van der Waals surface area contributed by atoms with Gasteiger partial charge in [0.25, 0.3) is 5.91 Å². The standard InChI is InChI=1S/C25H25Cl2N5O/c1-15(28-24(33)16-8-10-17(26)11-9-16)19-12-13-22-21(29-19)7-4-14-32(22)23-18-5-2-3-6-20(18)30-25(27)31-23/h8-13,15H,2-7,14H2,1H3,(H,28,33)/p+1. The summed E-state index contributed by atoms with van der Waals surface area (Å²) in [5.41, 5.74) is 5.92. The maximum atomic E-state index is 12.6. The van der Waals surface area contributed by atoms with Crippen LogP contribution in [-0.4, -0.2) is 22.4 Å². The highest BCUT2D eigenvalue weighted by Crippen LogP contribution is 2.36. The van der Waals surface area contributed by atoms with Crippen molar-refractivity contribution >= 4 is 40.6 Å². The van der Waals surface area contributed by atoms with Crippen LogP contribution < -0.4 is 15.2 Å². The molecule has 0 spiro atoms. The molecule has 2 N–H and O–H groups in total. The zero-order valence-corrected chi connectivity index (χ0v) is 20.0. The van der Waals surface area contributed by atoms with Gasteiger partial charge in [0.1, 0.15) is 11.4 Å². The van der Waals surface area contributed by atoms with Gasteiger partial charge in [-0.15, -0.1) is 0 Å². The molecule has 33 heavy (non-hydrogen) atoms. The lowest BCUT2D eigenvalue weighted by molar-refractivity contribution is -0.366. The molecule has 1 unspecified atom stereocenters. The number of aryl methyl sites for hydroxylation is 2. The van der Waals surface area contributed by atoms with Crippen molar-refractivity contribution in [2.24, 2.45) is 0 Å². The number of carbonyl (C=O) groups excluding carboxylic acids is 1. The van der Waals surface area contributed by atoms with Crippen molar-refractivity contribution in [2.45, 2.75) is 51.5 Å². The summed E-state index contributed by atoms with van der Waals surface area (Å²) >= 11 is 12.3. The zero-order valence-electron chi connectivity index (χ0n) is 18.5. The number of H-pyrrole nitrogens is 1. The number of hydrogen-bond acceptors (Lipinski definition) is 4. The Labute approximate surface area is 203 Å². The van der Waals surface area contributed by atoms with Crippen LogP contribution in [0, 0.1) is 0 Å². The average Bonchev–Trinajstić information content (AvgIpc) is 2.83. The second-order valence-corrected chi connectivity index (χ2v) is 9.46. The lowest BCUT2D eigenvalue weighted by Gasteiger charge is -2.28. The number of amides is 1. The normalized spacial score (nSPS) is 16.0. The third-order valence-corrected chi connectivity index (χ3v) is 6.84. The largest absolute Gasteiger partial charge is 0.344 e. The van der Waals surface area contributed by atoms with E-state index in [0.717, 1.165) is 67.2 Å². The number of halogens is 2. The van der Waals surface area contributed by atoms with Crippen LogP contribution in [0.3, 0.4) is 0 Å². The number of rotatable bonds is 4. The maximum Gasteiger partial charge on any atom is 0.332 e. The smallest absolute Gasteiger partial charge is 0.332 e. The van der Waals surface area contributed by atoms with E-state index in [-0.39, 0.29) is 11.9 Å². The number of nitrogens with one attached hydrogen (secondary N) is 2. The van der Waals surface area contributed by atoms with Crippen molar-refractivity contribution in [3.8, 4) is 0 Å². The summed E-state index contributed by atoms with van der Waals surface area (Å²) in [6, 6.07) is 10.8. The third kappa shape index (κ3) is 4.55. The van der Waals surface area contributed by atoms with Crippen LogP contribution >= 0.6 is 23.2 Å². The molecule has 1 atom stereocenters. The Bertz CT molecular complexity index is 1200. The number of fused-ring (bicyclic) bond motifs is 2. The molecule has 1 aliphatic heterocycles. The molecule has 8 heteroatoms. The van der Waals surface area contributed by atoms with E-state index in [1.54, 1.807) is 24.3 Å². The van der Waals surface area contributed by atoms with Crippen molar-refractivity contribution < 1.29 is 9.78 Å². The van der Waals surface area contributed by atoms with E-state index in [9.17, 15) is 4.79 Å². The molecular formula is C25H26Cl2N5O+. The van der Waals surface area contributed by atoms with Crippen LogP contribution in [0.5, 0.6) is 0 Å². The summed E-state index contributed by atoms with van der Waals surface area (Å²) in [4.78, 5) is 27.7. The Hall–Kier alpha value is -2.70. The van der Waals surface area contributed by atoms with Crippen LogP contribution in [0.1, 0.15) is 65.2 Å². The highest BCUT2D eigenvalue weighted by atomic mass is 35.5. The number of nitrogens with zero attached hydrogens (tertiary/aromatic N) is 3. The first kappa shape index (κ1) is 22.1. The number of anilines is 2. The fourth-order valence-electron chi connectivity index (χ4n) is 4.71. The van der Waals surface area contributed by atoms with Gasteiger partial charge in [0.2, 0.25) is 5.82 Å². The first-order chi connectivity index (χ1) is 16.0. The minimum absolute atomic E-state index is 0.145. The molecule has 170 valence electrons. The number of pyridine rings is 1. The van der Waals surface area contributed by atoms with Crippen LogP contribution in [0.2, 0.25) is 10.3 Å². The first-order valence-electron chi connectivity index (χ1n) is 11.4. The van der Waals surface area contributed by atoms with E-state index in [1.165, 1.54) is 12.0 Å². The molecular weight excluding hydrogens is 457 g/mol. The molecule has 1 amide bonds. The minimum Gasteiger partial charge on any atom is -0.344 e. The Balaban J connectivity index is 1.41. The summed E-state index contributed by atoms with van der Waals surface area (Å²) in [5, 5.41) is 4.08. The molecule has 0 radical (unpaired) electrons. The topological polar surface area (TPSA) is 72.3 Å². The summed E-state index contributed by atoms with van der Waals surface area (Å²) in [6.45, 7) is 2.86. The van der Waals surface area contributed by atoms with Crippen LogP contribution in [0.15, 0.2) is 36.4 Å². The third-order valence-electron chi connectivity index (χ3n) is 6.40. The molecule has 0 saturated heterocycles. The molecule has 1 aliphatic carbocycles. The van der Waals surface area contributed by atoms with E-state index in [4.69, 9.17) is 28.2 Å². The van der Waals surface area contributed by atoms with Crippen molar-refractivity contribution in [3.05, 3.63) is 74.9 Å².